The minimum Gasteiger partial charge on any atom is -0.378 e. The standard InChI is InChI=1S/C20H24N4O2/c1-15-2-3-16(22-12-15)5-7-24-13-17-20(19(24)14-25)18(4-6-21-17)23-8-10-26-11-9-23/h2-4,6,12,14,19H,5,7-11,13H2,1H3. The Morgan fingerprint density at radius 2 is 2.08 bits per heavy atom. The van der Waals surface area contributed by atoms with Gasteiger partial charge in [0.1, 0.15) is 6.29 Å². The summed E-state index contributed by atoms with van der Waals surface area (Å²) in [5, 5.41) is 0. The van der Waals surface area contributed by atoms with E-state index in [2.05, 4.69) is 31.9 Å². The molecule has 2 aromatic heterocycles. The Hall–Kier alpha value is -2.31. The van der Waals surface area contributed by atoms with E-state index in [0.717, 1.165) is 73.8 Å². The van der Waals surface area contributed by atoms with Crippen LogP contribution in [0.1, 0.15) is 28.6 Å². The molecule has 4 heterocycles. The SMILES string of the molecule is Cc1ccc(CCN2Cc3nccc(N4CCOCC4)c3C2C=O)nc1. The van der Waals surface area contributed by atoms with E-state index >= 15 is 0 Å². The van der Waals surface area contributed by atoms with Gasteiger partial charge in [0.05, 0.1) is 24.9 Å². The van der Waals surface area contributed by atoms with Crippen molar-refractivity contribution < 1.29 is 9.53 Å². The van der Waals surface area contributed by atoms with Gasteiger partial charge in [0.25, 0.3) is 0 Å². The first-order chi connectivity index (χ1) is 12.8. The van der Waals surface area contributed by atoms with Crippen molar-refractivity contribution in [1.82, 2.24) is 14.9 Å². The highest BCUT2D eigenvalue weighted by Gasteiger charge is 2.34. The Balaban J connectivity index is 1.53. The van der Waals surface area contributed by atoms with Gasteiger partial charge in [-0.1, -0.05) is 6.07 Å². The number of hydrogen-bond donors (Lipinski definition) is 0. The molecule has 0 radical (unpaired) electrons. The molecule has 0 saturated carbocycles. The van der Waals surface area contributed by atoms with Crippen LogP contribution in [0.2, 0.25) is 0 Å². The van der Waals surface area contributed by atoms with Crippen LogP contribution in [-0.2, 0) is 22.5 Å². The zero-order valence-electron chi connectivity index (χ0n) is 15.1. The third-order valence-electron chi connectivity index (χ3n) is 5.20. The minimum absolute atomic E-state index is 0.234. The van der Waals surface area contributed by atoms with E-state index in [1.807, 2.05) is 25.4 Å². The molecule has 1 saturated heterocycles. The molecule has 0 N–H and O–H groups in total. The fourth-order valence-electron chi connectivity index (χ4n) is 3.78. The molecule has 1 unspecified atom stereocenters. The first-order valence-electron chi connectivity index (χ1n) is 9.17. The number of aryl methyl sites for hydroxylation is 1. The van der Waals surface area contributed by atoms with Gasteiger partial charge in [-0.2, -0.15) is 0 Å². The second-order valence-corrected chi connectivity index (χ2v) is 6.92. The monoisotopic (exact) mass is 352 g/mol. The van der Waals surface area contributed by atoms with Crippen molar-refractivity contribution in [3.8, 4) is 0 Å². The molecule has 2 aromatic rings. The average molecular weight is 352 g/mol. The van der Waals surface area contributed by atoms with Crippen LogP contribution in [0.15, 0.2) is 30.6 Å². The van der Waals surface area contributed by atoms with Crippen molar-refractivity contribution in [3.63, 3.8) is 0 Å². The highest BCUT2D eigenvalue weighted by molar-refractivity contribution is 5.71. The molecule has 6 heteroatoms. The molecule has 1 fully saturated rings. The summed E-state index contributed by atoms with van der Waals surface area (Å²) in [4.78, 5) is 25.5. The van der Waals surface area contributed by atoms with Gasteiger partial charge >= 0.3 is 0 Å². The average Bonchev–Trinajstić information content (AvgIpc) is 3.06. The molecule has 2 aliphatic rings. The van der Waals surface area contributed by atoms with Crippen molar-refractivity contribution in [3.05, 3.63) is 53.1 Å². The van der Waals surface area contributed by atoms with Crippen LogP contribution < -0.4 is 4.90 Å². The lowest BCUT2D eigenvalue weighted by molar-refractivity contribution is -0.112. The number of hydrogen-bond acceptors (Lipinski definition) is 6. The summed E-state index contributed by atoms with van der Waals surface area (Å²) in [7, 11) is 0. The molecule has 1 atom stereocenters. The molecule has 0 bridgehead atoms. The van der Waals surface area contributed by atoms with Crippen molar-refractivity contribution in [2.75, 3.05) is 37.7 Å². The summed E-state index contributed by atoms with van der Waals surface area (Å²) in [6.45, 7) is 6.71. The van der Waals surface area contributed by atoms with Crippen molar-refractivity contribution >= 4 is 12.0 Å². The van der Waals surface area contributed by atoms with E-state index in [0.29, 0.717) is 6.54 Å². The number of carbonyl (C=O) groups is 1. The van der Waals surface area contributed by atoms with Crippen LogP contribution in [0.5, 0.6) is 0 Å². The molecule has 0 aromatic carbocycles. The van der Waals surface area contributed by atoms with Crippen LogP contribution in [0.4, 0.5) is 5.69 Å². The third-order valence-corrected chi connectivity index (χ3v) is 5.20. The summed E-state index contributed by atoms with van der Waals surface area (Å²) >= 11 is 0. The Labute approximate surface area is 153 Å². The number of rotatable bonds is 5. The number of aromatic nitrogens is 2. The van der Waals surface area contributed by atoms with Crippen molar-refractivity contribution in [2.45, 2.75) is 25.9 Å². The zero-order valence-corrected chi connectivity index (χ0v) is 15.1. The second-order valence-electron chi connectivity index (χ2n) is 6.92. The molecule has 0 amide bonds. The Bertz CT molecular complexity index is 772. The normalized spacial score (nSPS) is 20.2. The lowest BCUT2D eigenvalue weighted by Gasteiger charge is -2.31. The highest BCUT2D eigenvalue weighted by atomic mass is 16.5. The summed E-state index contributed by atoms with van der Waals surface area (Å²) < 4.78 is 5.47. The van der Waals surface area contributed by atoms with Crippen molar-refractivity contribution in [1.29, 1.82) is 0 Å². The molecule has 0 aliphatic carbocycles. The van der Waals surface area contributed by atoms with Gasteiger partial charge in [-0.15, -0.1) is 0 Å². The predicted molar refractivity (Wildman–Crippen MR) is 99.2 cm³/mol. The maximum absolute atomic E-state index is 11.9. The lowest BCUT2D eigenvalue weighted by Crippen LogP contribution is -2.37. The predicted octanol–water partition coefficient (Wildman–Crippen LogP) is 1.92. The van der Waals surface area contributed by atoms with Crippen LogP contribution in [-0.4, -0.2) is 54.0 Å². The van der Waals surface area contributed by atoms with Gasteiger partial charge in [0.2, 0.25) is 0 Å². The van der Waals surface area contributed by atoms with Crippen LogP contribution >= 0.6 is 0 Å². The van der Waals surface area contributed by atoms with Gasteiger partial charge in [0.15, 0.2) is 0 Å². The van der Waals surface area contributed by atoms with E-state index in [4.69, 9.17) is 4.74 Å². The molecular formula is C20H24N4O2. The smallest absolute Gasteiger partial charge is 0.141 e. The molecule has 26 heavy (non-hydrogen) atoms. The number of nitrogens with zero attached hydrogens (tertiary/aromatic N) is 4. The fraction of sp³-hybridized carbons (Fsp3) is 0.450. The van der Waals surface area contributed by atoms with Crippen LogP contribution in [0.25, 0.3) is 0 Å². The van der Waals surface area contributed by atoms with Gasteiger partial charge in [-0.3, -0.25) is 14.9 Å². The summed E-state index contributed by atoms with van der Waals surface area (Å²) in [6.07, 6.45) is 5.63. The number of fused-ring (bicyclic) bond motifs is 1. The highest BCUT2D eigenvalue weighted by Crippen LogP contribution is 2.38. The minimum atomic E-state index is -0.234. The van der Waals surface area contributed by atoms with Gasteiger partial charge < -0.3 is 14.4 Å². The van der Waals surface area contributed by atoms with Gasteiger partial charge in [-0.05, 0) is 24.6 Å². The molecule has 6 nitrogen and oxygen atoms in total. The Morgan fingerprint density at radius 3 is 2.81 bits per heavy atom. The molecule has 0 spiro atoms. The molecule has 136 valence electrons. The number of anilines is 1. The van der Waals surface area contributed by atoms with Gasteiger partial charge in [0, 0.05) is 61.9 Å². The molecular weight excluding hydrogens is 328 g/mol. The third kappa shape index (κ3) is 3.34. The first kappa shape index (κ1) is 17.1. The lowest BCUT2D eigenvalue weighted by atomic mass is 10.1. The van der Waals surface area contributed by atoms with E-state index in [1.54, 1.807) is 0 Å². The Morgan fingerprint density at radius 1 is 1.23 bits per heavy atom. The maximum atomic E-state index is 11.9. The van der Waals surface area contributed by atoms with E-state index in [9.17, 15) is 4.79 Å². The summed E-state index contributed by atoms with van der Waals surface area (Å²) in [5.74, 6) is 0. The molecule has 4 rings (SSSR count). The Kier molecular flexibility index (Phi) is 4.95. The van der Waals surface area contributed by atoms with Crippen LogP contribution in [0.3, 0.4) is 0 Å². The largest absolute Gasteiger partial charge is 0.378 e. The van der Waals surface area contributed by atoms with Crippen molar-refractivity contribution in [2.24, 2.45) is 0 Å². The number of aldehydes is 1. The second kappa shape index (κ2) is 7.51. The summed E-state index contributed by atoms with van der Waals surface area (Å²) in [6, 6.07) is 5.94. The van der Waals surface area contributed by atoms with E-state index in [-0.39, 0.29) is 6.04 Å². The maximum Gasteiger partial charge on any atom is 0.141 e. The topological polar surface area (TPSA) is 58.6 Å². The number of ether oxygens (including phenoxy) is 1. The number of pyridine rings is 2. The van der Waals surface area contributed by atoms with Gasteiger partial charge in [-0.25, -0.2) is 0 Å². The van der Waals surface area contributed by atoms with E-state index < -0.39 is 0 Å². The molecule has 2 aliphatic heterocycles. The van der Waals surface area contributed by atoms with Crippen LogP contribution in [0, 0.1) is 6.92 Å². The summed E-state index contributed by atoms with van der Waals surface area (Å²) in [5.41, 5.74) is 5.43. The number of carbonyl (C=O) groups excluding carboxylic acids is 1. The fourth-order valence-corrected chi connectivity index (χ4v) is 3.78. The zero-order chi connectivity index (χ0) is 17.9. The van der Waals surface area contributed by atoms with E-state index in [1.165, 1.54) is 0 Å². The first-order valence-corrected chi connectivity index (χ1v) is 9.17. The quantitative estimate of drug-likeness (QED) is 0.767. The number of morpholine rings is 1.